The van der Waals surface area contributed by atoms with Crippen LogP contribution < -0.4 is 0 Å². The third-order valence-electron chi connectivity index (χ3n) is 4.29. The average molecular weight is 355 g/mol. The summed E-state index contributed by atoms with van der Waals surface area (Å²) in [7, 11) is 0. The Morgan fingerprint density at radius 3 is 1.72 bits per heavy atom. The number of nitrogens with zero attached hydrogens (tertiary/aromatic N) is 2. The van der Waals surface area contributed by atoms with Gasteiger partial charge in [0.05, 0.1) is 0 Å². The largest absolute Gasteiger partial charge is 0.291 e. The van der Waals surface area contributed by atoms with Crippen LogP contribution in [0.4, 0.5) is 0 Å². The molecule has 0 aliphatic rings. The molecule has 2 atom stereocenters. The van der Waals surface area contributed by atoms with Crippen molar-refractivity contribution in [1.82, 2.24) is 0 Å². The van der Waals surface area contributed by atoms with E-state index in [1.54, 1.807) is 12.2 Å². The molecule has 1 radical (unpaired) electrons. The van der Waals surface area contributed by atoms with Crippen LogP contribution in [0, 0.1) is 20.2 Å². The first-order valence-corrected chi connectivity index (χ1v) is 9.29. The second kappa shape index (κ2) is 15.7. The summed E-state index contributed by atoms with van der Waals surface area (Å²) in [6.45, 7) is 2.10. The standard InChI is InChI=1S/C18H31N2O5/c1-2-3-4-7-12-17(19(22)23)14-9-10-15-18(20(24)25)13-8-5-6-11-16-21/h9-10,17-18H,2-8,11-15H2,1H3/b10-9+. The lowest BCUT2D eigenvalue weighted by molar-refractivity contribution is -0.523. The molecular formula is C18H31N2O5. The van der Waals surface area contributed by atoms with E-state index >= 15 is 0 Å². The monoisotopic (exact) mass is 355 g/mol. The summed E-state index contributed by atoms with van der Waals surface area (Å²) in [5.41, 5.74) is 0. The first-order valence-electron chi connectivity index (χ1n) is 9.29. The highest BCUT2D eigenvalue weighted by Gasteiger charge is 2.19. The van der Waals surface area contributed by atoms with Crippen LogP contribution in [0.5, 0.6) is 0 Å². The van der Waals surface area contributed by atoms with Gasteiger partial charge in [-0.25, -0.2) is 0 Å². The highest BCUT2D eigenvalue weighted by atomic mass is 16.6. The quantitative estimate of drug-likeness (QED) is 0.163. The minimum atomic E-state index is -0.657. The summed E-state index contributed by atoms with van der Waals surface area (Å²) in [5.74, 6) is 0. The van der Waals surface area contributed by atoms with Gasteiger partial charge in [-0.2, -0.15) is 0 Å². The molecule has 0 saturated carbocycles. The minimum absolute atomic E-state index is 0.245. The summed E-state index contributed by atoms with van der Waals surface area (Å²) in [6.07, 6.45) is 13.5. The van der Waals surface area contributed by atoms with Gasteiger partial charge in [0.15, 0.2) is 6.29 Å². The third kappa shape index (κ3) is 13.2. The Hall–Kier alpha value is -1.79. The molecule has 143 valence electrons. The van der Waals surface area contributed by atoms with E-state index in [1.165, 1.54) is 0 Å². The molecule has 0 aromatic heterocycles. The smallest absolute Gasteiger partial charge is 0.216 e. The summed E-state index contributed by atoms with van der Waals surface area (Å²) in [6, 6.07) is -1.25. The van der Waals surface area contributed by atoms with E-state index < -0.39 is 12.1 Å². The first kappa shape index (κ1) is 23.2. The van der Waals surface area contributed by atoms with Gasteiger partial charge in [0.2, 0.25) is 12.1 Å². The summed E-state index contributed by atoms with van der Waals surface area (Å²) >= 11 is 0. The fraction of sp³-hybridized carbons (Fsp3) is 0.833. The zero-order valence-electron chi connectivity index (χ0n) is 15.2. The second-order valence-electron chi connectivity index (χ2n) is 6.41. The molecular weight excluding hydrogens is 324 g/mol. The van der Waals surface area contributed by atoms with E-state index in [4.69, 9.17) is 0 Å². The van der Waals surface area contributed by atoms with E-state index in [9.17, 15) is 25.0 Å². The van der Waals surface area contributed by atoms with Crippen LogP contribution in [0.15, 0.2) is 12.2 Å². The molecule has 0 heterocycles. The molecule has 0 N–H and O–H groups in total. The molecule has 0 rings (SSSR count). The topological polar surface area (TPSA) is 103 Å². The van der Waals surface area contributed by atoms with Crippen molar-refractivity contribution in [2.45, 2.75) is 96.1 Å². The molecule has 0 spiro atoms. The van der Waals surface area contributed by atoms with Gasteiger partial charge < -0.3 is 0 Å². The Morgan fingerprint density at radius 2 is 1.32 bits per heavy atom. The van der Waals surface area contributed by atoms with Crippen LogP contribution in [0.1, 0.15) is 84.0 Å². The molecule has 0 aliphatic carbocycles. The van der Waals surface area contributed by atoms with E-state index in [-0.39, 0.29) is 9.85 Å². The summed E-state index contributed by atoms with van der Waals surface area (Å²) in [4.78, 5) is 31.7. The highest BCUT2D eigenvalue weighted by Crippen LogP contribution is 2.14. The average Bonchev–Trinajstić information content (AvgIpc) is 2.57. The fourth-order valence-electron chi connectivity index (χ4n) is 2.69. The molecule has 0 bridgehead atoms. The van der Waals surface area contributed by atoms with Crippen molar-refractivity contribution in [3.63, 3.8) is 0 Å². The van der Waals surface area contributed by atoms with Crippen molar-refractivity contribution < 1.29 is 14.6 Å². The Labute approximate surface area is 150 Å². The van der Waals surface area contributed by atoms with Crippen molar-refractivity contribution in [2.75, 3.05) is 0 Å². The lowest BCUT2D eigenvalue weighted by atomic mass is 10.0. The Morgan fingerprint density at radius 1 is 0.840 bits per heavy atom. The summed E-state index contributed by atoms with van der Waals surface area (Å²) in [5, 5.41) is 22.1. The molecule has 0 aromatic rings. The number of nitro groups is 2. The van der Waals surface area contributed by atoms with Crippen LogP contribution in [0.25, 0.3) is 0 Å². The SMILES string of the molecule is CCCCCCC(C/C=C/CC(CCCCC[C]=O)[N+](=O)[O-])[N+](=O)[O-]. The predicted molar refractivity (Wildman–Crippen MR) is 97.5 cm³/mol. The van der Waals surface area contributed by atoms with E-state index in [0.717, 1.165) is 32.1 Å². The van der Waals surface area contributed by atoms with Crippen LogP contribution in [-0.2, 0) is 4.79 Å². The van der Waals surface area contributed by atoms with E-state index in [2.05, 4.69) is 6.92 Å². The number of carbonyl (C=O) groups excluding carboxylic acids is 1. The maximum absolute atomic E-state index is 11.1. The lowest BCUT2D eigenvalue weighted by Crippen LogP contribution is -2.19. The molecule has 0 aliphatic heterocycles. The predicted octanol–water partition coefficient (Wildman–Crippen LogP) is 4.64. The van der Waals surface area contributed by atoms with Crippen LogP contribution in [-0.4, -0.2) is 28.2 Å². The molecule has 0 aromatic carbocycles. The Bertz CT molecular complexity index is 412. The van der Waals surface area contributed by atoms with Crippen molar-refractivity contribution in [3.05, 3.63) is 32.4 Å². The van der Waals surface area contributed by atoms with Crippen molar-refractivity contribution in [3.8, 4) is 0 Å². The molecule has 25 heavy (non-hydrogen) atoms. The second-order valence-corrected chi connectivity index (χ2v) is 6.41. The number of rotatable bonds is 17. The molecule has 0 saturated heterocycles. The number of hydrogen-bond donors (Lipinski definition) is 0. The van der Waals surface area contributed by atoms with Crippen molar-refractivity contribution >= 4 is 6.29 Å². The lowest BCUT2D eigenvalue weighted by Gasteiger charge is -2.08. The van der Waals surface area contributed by atoms with Gasteiger partial charge in [0.1, 0.15) is 0 Å². The zero-order valence-corrected chi connectivity index (χ0v) is 15.2. The maximum atomic E-state index is 11.1. The number of hydrogen-bond acceptors (Lipinski definition) is 5. The summed E-state index contributed by atoms with van der Waals surface area (Å²) < 4.78 is 0. The highest BCUT2D eigenvalue weighted by molar-refractivity contribution is 5.50. The first-order chi connectivity index (χ1) is 12.0. The van der Waals surface area contributed by atoms with Gasteiger partial charge >= 0.3 is 0 Å². The Balaban J connectivity index is 4.16. The van der Waals surface area contributed by atoms with Crippen LogP contribution in [0.3, 0.4) is 0 Å². The van der Waals surface area contributed by atoms with E-state index in [0.29, 0.717) is 44.9 Å². The molecule has 0 fully saturated rings. The number of unbranched alkanes of at least 4 members (excludes halogenated alkanes) is 6. The van der Waals surface area contributed by atoms with Gasteiger partial charge in [-0.15, -0.1) is 0 Å². The van der Waals surface area contributed by atoms with Crippen molar-refractivity contribution in [2.24, 2.45) is 0 Å². The van der Waals surface area contributed by atoms with Gasteiger partial charge in [-0.1, -0.05) is 44.8 Å². The van der Waals surface area contributed by atoms with Gasteiger partial charge in [0.25, 0.3) is 0 Å². The van der Waals surface area contributed by atoms with Crippen molar-refractivity contribution in [1.29, 1.82) is 0 Å². The molecule has 7 heteroatoms. The van der Waals surface area contributed by atoms with Crippen LogP contribution >= 0.6 is 0 Å². The van der Waals surface area contributed by atoms with Gasteiger partial charge in [-0.05, 0) is 19.3 Å². The maximum Gasteiger partial charge on any atom is 0.216 e. The van der Waals surface area contributed by atoms with Crippen LogP contribution in [0.2, 0.25) is 0 Å². The Kier molecular flexibility index (Phi) is 14.6. The van der Waals surface area contributed by atoms with E-state index in [1.807, 2.05) is 6.29 Å². The van der Waals surface area contributed by atoms with Gasteiger partial charge in [0, 0.05) is 42.0 Å². The third-order valence-corrected chi connectivity index (χ3v) is 4.29. The van der Waals surface area contributed by atoms with Gasteiger partial charge in [-0.3, -0.25) is 25.0 Å². The normalized spacial score (nSPS) is 13.6. The minimum Gasteiger partial charge on any atom is -0.291 e. The zero-order chi connectivity index (χ0) is 18.9. The molecule has 2 unspecified atom stereocenters. The fourth-order valence-corrected chi connectivity index (χ4v) is 2.69. The molecule has 0 amide bonds. The molecule has 7 nitrogen and oxygen atoms in total.